The third-order valence-corrected chi connectivity index (χ3v) is 5.42. The first kappa shape index (κ1) is 19.4. The summed E-state index contributed by atoms with van der Waals surface area (Å²) < 4.78 is 16.3. The number of anilines is 1. The minimum Gasteiger partial charge on any atom is -0.493 e. The summed E-state index contributed by atoms with van der Waals surface area (Å²) in [5.74, 6) is 2.11. The molecule has 0 atom stereocenters. The van der Waals surface area contributed by atoms with Crippen LogP contribution in [0.3, 0.4) is 0 Å². The molecule has 2 aromatic carbocycles. The molecule has 0 aromatic heterocycles. The van der Waals surface area contributed by atoms with E-state index in [0.29, 0.717) is 5.75 Å². The molecule has 5 heteroatoms. The summed E-state index contributed by atoms with van der Waals surface area (Å²) in [5, 5.41) is 0. The van der Waals surface area contributed by atoms with Crippen LogP contribution >= 0.6 is 0 Å². The highest BCUT2D eigenvalue weighted by atomic mass is 16.5. The topological polar surface area (TPSA) is 35.4 Å². The summed E-state index contributed by atoms with van der Waals surface area (Å²) in [6, 6.07) is 12.8. The number of para-hydroxylation sites is 1. The minimum absolute atomic E-state index is 0.656. The number of benzene rings is 2. The van der Waals surface area contributed by atoms with Gasteiger partial charge >= 0.3 is 0 Å². The third-order valence-electron chi connectivity index (χ3n) is 5.42. The molecular formula is C22H31N2O3+. The van der Waals surface area contributed by atoms with Crippen LogP contribution in [0.1, 0.15) is 11.1 Å². The molecule has 0 spiro atoms. The first-order valence-corrected chi connectivity index (χ1v) is 9.59. The van der Waals surface area contributed by atoms with Crippen molar-refractivity contribution in [3.8, 4) is 17.2 Å². The second kappa shape index (κ2) is 9.00. The van der Waals surface area contributed by atoms with Crippen LogP contribution in [0.2, 0.25) is 0 Å². The van der Waals surface area contributed by atoms with Crippen molar-refractivity contribution >= 4 is 5.69 Å². The number of nitrogens with zero attached hydrogens (tertiary/aromatic N) is 1. The minimum atomic E-state index is 0.656. The fourth-order valence-electron chi connectivity index (χ4n) is 3.83. The lowest BCUT2D eigenvalue weighted by Crippen LogP contribution is -3.15. The number of piperazine rings is 1. The Morgan fingerprint density at radius 1 is 0.926 bits per heavy atom. The monoisotopic (exact) mass is 371 g/mol. The summed E-state index contributed by atoms with van der Waals surface area (Å²) in [6.45, 7) is 7.85. The zero-order valence-electron chi connectivity index (χ0n) is 16.9. The van der Waals surface area contributed by atoms with Crippen molar-refractivity contribution in [2.45, 2.75) is 13.3 Å². The van der Waals surface area contributed by atoms with Crippen molar-refractivity contribution < 1.29 is 19.1 Å². The smallest absolute Gasteiger partial charge is 0.203 e. The molecule has 1 saturated heterocycles. The average Bonchev–Trinajstić information content (AvgIpc) is 2.72. The predicted octanol–water partition coefficient (Wildman–Crippen LogP) is 1.97. The van der Waals surface area contributed by atoms with E-state index in [1.807, 2.05) is 0 Å². The molecule has 0 unspecified atom stereocenters. The molecule has 0 aliphatic carbocycles. The molecule has 0 amide bonds. The molecule has 0 bridgehead atoms. The van der Waals surface area contributed by atoms with Gasteiger partial charge in [-0.3, -0.25) is 0 Å². The Labute approximate surface area is 162 Å². The molecule has 1 fully saturated rings. The third kappa shape index (κ3) is 4.48. The first-order valence-electron chi connectivity index (χ1n) is 9.59. The standard InChI is InChI=1S/C22H30N2O3/c1-17-7-5-6-8-19(17)24-13-11-23(12-14-24)10-9-18-15-20(25-2)22(27-4)21(16-18)26-3/h5-8,15-16H,9-14H2,1-4H3/p+1. The van der Waals surface area contributed by atoms with Crippen molar-refractivity contribution in [3.05, 3.63) is 47.5 Å². The van der Waals surface area contributed by atoms with Gasteiger partial charge in [-0.25, -0.2) is 0 Å². The lowest BCUT2D eigenvalue weighted by Gasteiger charge is -2.34. The van der Waals surface area contributed by atoms with E-state index in [0.717, 1.165) is 37.6 Å². The summed E-state index contributed by atoms with van der Waals surface area (Å²) in [4.78, 5) is 4.16. The molecule has 1 aliphatic rings. The second-order valence-corrected chi connectivity index (χ2v) is 7.06. The molecule has 3 rings (SSSR count). The summed E-state index contributed by atoms with van der Waals surface area (Å²) in [7, 11) is 4.96. The molecule has 27 heavy (non-hydrogen) atoms. The van der Waals surface area contributed by atoms with E-state index in [-0.39, 0.29) is 0 Å². The maximum absolute atomic E-state index is 5.47. The fraction of sp³-hybridized carbons (Fsp3) is 0.455. The summed E-state index contributed by atoms with van der Waals surface area (Å²) >= 11 is 0. The molecule has 2 aromatic rings. The van der Waals surface area contributed by atoms with E-state index in [9.17, 15) is 0 Å². The van der Waals surface area contributed by atoms with Gasteiger partial charge in [-0.2, -0.15) is 0 Å². The van der Waals surface area contributed by atoms with Crippen LogP contribution in [0.4, 0.5) is 5.69 Å². The number of nitrogens with one attached hydrogen (secondary N) is 1. The van der Waals surface area contributed by atoms with Gasteiger partial charge in [-0.15, -0.1) is 0 Å². The number of hydrogen-bond acceptors (Lipinski definition) is 4. The van der Waals surface area contributed by atoms with Crippen LogP contribution in [0.25, 0.3) is 0 Å². The van der Waals surface area contributed by atoms with Gasteiger partial charge in [0, 0.05) is 12.1 Å². The van der Waals surface area contributed by atoms with Crippen LogP contribution in [0.5, 0.6) is 17.2 Å². The molecule has 1 heterocycles. The zero-order chi connectivity index (χ0) is 19.2. The number of hydrogen-bond donors (Lipinski definition) is 1. The largest absolute Gasteiger partial charge is 0.493 e. The van der Waals surface area contributed by atoms with E-state index in [2.05, 4.69) is 48.2 Å². The highest BCUT2D eigenvalue weighted by Gasteiger charge is 2.21. The molecule has 5 nitrogen and oxygen atoms in total. The van der Waals surface area contributed by atoms with Gasteiger partial charge in [0.2, 0.25) is 5.75 Å². The van der Waals surface area contributed by atoms with Crippen LogP contribution in [0.15, 0.2) is 36.4 Å². The van der Waals surface area contributed by atoms with E-state index in [4.69, 9.17) is 14.2 Å². The highest BCUT2D eigenvalue weighted by Crippen LogP contribution is 2.38. The average molecular weight is 372 g/mol. The Hall–Kier alpha value is -2.40. The number of ether oxygens (including phenoxy) is 3. The Bertz CT molecular complexity index is 730. The molecule has 1 N–H and O–H groups in total. The van der Waals surface area contributed by atoms with Crippen LogP contribution in [0, 0.1) is 6.92 Å². The van der Waals surface area contributed by atoms with E-state index < -0.39 is 0 Å². The normalized spacial score (nSPS) is 14.9. The van der Waals surface area contributed by atoms with Gasteiger partial charge in [0.15, 0.2) is 11.5 Å². The number of quaternary nitrogens is 1. The maximum atomic E-state index is 5.47. The van der Waals surface area contributed by atoms with E-state index in [1.165, 1.54) is 29.9 Å². The van der Waals surface area contributed by atoms with Gasteiger partial charge in [0.1, 0.15) is 0 Å². The molecular weight excluding hydrogens is 340 g/mol. The zero-order valence-corrected chi connectivity index (χ0v) is 16.9. The second-order valence-electron chi connectivity index (χ2n) is 7.06. The molecule has 0 saturated carbocycles. The fourth-order valence-corrected chi connectivity index (χ4v) is 3.83. The van der Waals surface area contributed by atoms with E-state index >= 15 is 0 Å². The molecule has 146 valence electrons. The van der Waals surface area contributed by atoms with Crippen molar-refractivity contribution in [1.82, 2.24) is 0 Å². The van der Waals surface area contributed by atoms with Crippen molar-refractivity contribution in [2.24, 2.45) is 0 Å². The Kier molecular flexibility index (Phi) is 6.45. The van der Waals surface area contributed by atoms with Gasteiger partial charge in [-0.05, 0) is 36.2 Å². The van der Waals surface area contributed by atoms with Crippen LogP contribution in [-0.2, 0) is 6.42 Å². The maximum Gasteiger partial charge on any atom is 0.203 e. The Balaban J connectivity index is 1.58. The first-order chi connectivity index (χ1) is 13.2. The van der Waals surface area contributed by atoms with Gasteiger partial charge in [0.05, 0.1) is 54.1 Å². The molecule has 1 aliphatic heterocycles. The Morgan fingerprint density at radius 3 is 2.11 bits per heavy atom. The number of aryl methyl sites for hydroxylation is 1. The number of rotatable bonds is 7. The Morgan fingerprint density at radius 2 is 1.56 bits per heavy atom. The van der Waals surface area contributed by atoms with Crippen LogP contribution < -0.4 is 24.0 Å². The number of methoxy groups -OCH3 is 3. The van der Waals surface area contributed by atoms with Gasteiger partial charge in [0.25, 0.3) is 0 Å². The van der Waals surface area contributed by atoms with Crippen molar-refractivity contribution in [2.75, 3.05) is 59.0 Å². The lowest BCUT2D eigenvalue weighted by molar-refractivity contribution is -0.900. The van der Waals surface area contributed by atoms with Crippen molar-refractivity contribution in [1.29, 1.82) is 0 Å². The van der Waals surface area contributed by atoms with Gasteiger partial charge in [-0.1, -0.05) is 18.2 Å². The molecule has 0 radical (unpaired) electrons. The quantitative estimate of drug-likeness (QED) is 0.807. The summed E-state index contributed by atoms with van der Waals surface area (Å²) in [5.41, 5.74) is 3.96. The predicted molar refractivity (Wildman–Crippen MR) is 109 cm³/mol. The van der Waals surface area contributed by atoms with Crippen LogP contribution in [-0.4, -0.2) is 54.1 Å². The highest BCUT2D eigenvalue weighted by molar-refractivity contribution is 5.54. The van der Waals surface area contributed by atoms with E-state index in [1.54, 1.807) is 26.2 Å². The van der Waals surface area contributed by atoms with Gasteiger partial charge < -0.3 is 24.0 Å². The lowest BCUT2D eigenvalue weighted by atomic mass is 10.1. The SMILES string of the molecule is COc1cc(CC[NH+]2CCN(c3ccccc3C)CC2)cc(OC)c1OC. The summed E-state index contributed by atoms with van der Waals surface area (Å²) in [6.07, 6.45) is 0.996. The van der Waals surface area contributed by atoms with Crippen molar-refractivity contribution in [3.63, 3.8) is 0 Å².